The zero-order valence-electron chi connectivity index (χ0n) is 8.76. The molecule has 0 aromatic rings. The molecule has 0 bridgehead atoms. The van der Waals surface area contributed by atoms with Crippen molar-refractivity contribution in [2.45, 2.75) is 51.5 Å². The van der Waals surface area contributed by atoms with Gasteiger partial charge in [0.05, 0.1) is 0 Å². The molecule has 74 valence electrons. The van der Waals surface area contributed by atoms with Crippen LogP contribution in [0.2, 0.25) is 0 Å². The van der Waals surface area contributed by atoms with Crippen molar-refractivity contribution in [3.63, 3.8) is 0 Å². The van der Waals surface area contributed by atoms with Crippen LogP contribution in [-0.4, -0.2) is 24.0 Å². The number of piperidine rings is 1. The van der Waals surface area contributed by atoms with Crippen molar-refractivity contribution in [3.05, 3.63) is 11.6 Å². The van der Waals surface area contributed by atoms with Crippen molar-refractivity contribution in [1.29, 1.82) is 0 Å². The van der Waals surface area contributed by atoms with Gasteiger partial charge in [-0.05, 0) is 52.1 Å². The Hall–Kier alpha value is -0.300. The first-order valence-electron chi connectivity index (χ1n) is 5.76. The Kier molecular flexibility index (Phi) is 3.05. The summed E-state index contributed by atoms with van der Waals surface area (Å²) in [7, 11) is 0. The number of allylic oxidation sites excluding steroid dienone is 1. The molecule has 1 heteroatoms. The molecule has 1 heterocycles. The lowest BCUT2D eigenvalue weighted by atomic mass is 9.93. The molecule has 1 atom stereocenters. The molecule has 1 nitrogen and oxygen atoms in total. The third-order valence-corrected chi connectivity index (χ3v) is 3.52. The predicted molar refractivity (Wildman–Crippen MR) is 56.8 cm³/mol. The van der Waals surface area contributed by atoms with E-state index in [1.54, 1.807) is 5.57 Å². The van der Waals surface area contributed by atoms with Crippen molar-refractivity contribution in [1.82, 2.24) is 4.90 Å². The maximum atomic E-state index is 2.71. The summed E-state index contributed by atoms with van der Waals surface area (Å²) < 4.78 is 0. The predicted octanol–water partition coefficient (Wildman–Crippen LogP) is 2.97. The largest absolute Gasteiger partial charge is 0.300 e. The molecule has 2 aliphatic rings. The molecular weight excluding hydrogens is 158 g/mol. The molecule has 1 aliphatic heterocycles. The molecule has 0 amide bonds. The van der Waals surface area contributed by atoms with Crippen LogP contribution in [0.3, 0.4) is 0 Å². The van der Waals surface area contributed by atoms with Crippen molar-refractivity contribution in [2.75, 3.05) is 13.1 Å². The Balaban J connectivity index is 1.86. The summed E-state index contributed by atoms with van der Waals surface area (Å²) in [6.07, 6.45) is 10.8. The van der Waals surface area contributed by atoms with Crippen LogP contribution in [0.4, 0.5) is 0 Å². The second-order valence-corrected chi connectivity index (χ2v) is 4.58. The lowest BCUT2D eigenvalue weighted by Gasteiger charge is -2.36. The van der Waals surface area contributed by atoms with Crippen LogP contribution >= 0.6 is 0 Å². The van der Waals surface area contributed by atoms with Crippen molar-refractivity contribution in [3.8, 4) is 0 Å². The third kappa shape index (κ3) is 2.34. The molecule has 1 fully saturated rings. The summed E-state index contributed by atoms with van der Waals surface area (Å²) in [5.41, 5.74) is 1.60. The summed E-state index contributed by atoms with van der Waals surface area (Å²) in [5, 5.41) is 0. The molecule has 0 aromatic heterocycles. The van der Waals surface area contributed by atoms with E-state index in [1.807, 2.05) is 0 Å². The number of nitrogens with zero attached hydrogens (tertiary/aromatic N) is 1. The lowest BCUT2D eigenvalue weighted by molar-refractivity contribution is 0.152. The van der Waals surface area contributed by atoms with Gasteiger partial charge in [0.2, 0.25) is 0 Å². The van der Waals surface area contributed by atoms with Gasteiger partial charge in [-0.2, -0.15) is 0 Å². The minimum Gasteiger partial charge on any atom is -0.300 e. The average molecular weight is 179 g/mol. The van der Waals surface area contributed by atoms with Crippen LogP contribution in [0, 0.1) is 0 Å². The highest BCUT2D eigenvalue weighted by Crippen LogP contribution is 2.24. The van der Waals surface area contributed by atoms with Gasteiger partial charge in [0, 0.05) is 6.04 Å². The monoisotopic (exact) mass is 179 g/mol. The SMILES string of the molecule is CC1=CCC(N2CCCCC2)CC1. The smallest absolute Gasteiger partial charge is 0.0133 e. The van der Waals surface area contributed by atoms with Crippen molar-refractivity contribution >= 4 is 0 Å². The molecular formula is C12H21N. The molecule has 13 heavy (non-hydrogen) atoms. The van der Waals surface area contributed by atoms with Crippen molar-refractivity contribution < 1.29 is 0 Å². The Morgan fingerprint density at radius 3 is 2.62 bits per heavy atom. The van der Waals surface area contributed by atoms with E-state index in [1.165, 1.54) is 51.6 Å². The number of likely N-dealkylation sites (tertiary alicyclic amines) is 1. The molecule has 0 radical (unpaired) electrons. The van der Waals surface area contributed by atoms with E-state index < -0.39 is 0 Å². The standard InChI is InChI=1S/C12H21N/c1-11-5-7-12(8-6-11)13-9-3-2-4-10-13/h5,12H,2-4,6-10H2,1H3. The first kappa shape index (κ1) is 9.26. The van der Waals surface area contributed by atoms with Crippen LogP contribution in [0.15, 0.2) is 11.6 Å². The normalized spacial score (nSPS) is 31.5. The summed E-state index contributed by atoms with van der Waals surface area (Å²) in [6, 6.07) is 0.879. The number of rotatable bonds is 1. The second-order valence-electron chi connectivity index (χ2n) is 4.58. The van der Waals surface area contributed by atoms with E-state index in [9.17, 15) is 0 Å². The zero-order valence-corrected chi connectivity index (χ0v) is 8.76. The van der Waals surface area contributed by atoms with E-state index in [4.69, 9.17) is 0 Å². The maximum Gasteiger partial charge on any atom is 0.0133 e. The van der Waals surface area contributed by atoms with Gasteiger partial charge in [-0.15, -0.1) is 0 Å². The Bertz CT molecular complexity index is 189. The highest BCUT2D eigenvalue weighted by Gasteiger charge is 2.21. The quantitative estimate of drug-likeness (QED) is 0.559. The topological polar surface area (TPSA) is 3.24 Å². The summed E-state index contributed by atoms with van der Waals surface area (Å²) in [5.74, 6) is 0. The minimum atomic E-state index is 0.879. The molecule has 0 N–H and O–H groups in total. The zero-order chi connectivity index (χ0) is 9.10. The summed E-state index contributed by atoms with van der Waals surface area (Å²) in [6.45, 7) is 4.99. The fourth-order valence-corrected chi connectivity index (χ4v) is 2.57. The highest BCUT2D eigenvalue weighted by molar-refractivity contribution is 5.05. The van der Waals surface area contributed by atoms with E-state index in [-0.39, 0.29) is 0 Å². The van der Waals surface area contributed by atoms with Gasteiger partial charge in [-0.3, -0.25) is 0 Å². The Morgan fingerprint density at radius 2 is 2.00 bits per heavy atom. The summed E-state index contributed by atoms with van der Waals surface area (Å²) >= 11 is 0. The van der Waals surface area contributed by atoms with Crippen LogP contribution in [0.1, 0.15) is 45.4 Å². The number of hydrogen-bond donors (Lipinski definition) is 0. The fourth-order valence-electron chi connectivity index (χ4n) is 2.57. The fraction of sp³-hybridized carbons (Fsp3) is 0.833. The van der Waals surface area contributed by atoms with Gasteiger partial charge in [0.1, 0.15) is 0 Å². The van der Waals surface area contributed by atoms with Gasteiger partial charge < -0.3 is 4.90 Å². The van der Waals surface area contributed by atoms with Crippen LogP contribution < -0.4 is 0 Å². The second kappa shape index (κ2) is 4.28. The summed E-state index contributed by atoms with van der Waals surface area (Å²) in [4.78, 5) is 2.71. The third-order valence-electron chi connectivity index (χ3n) is 3.52. The lowest BCUT2D eigenvalue weighted by Crippen LogP contribution is -2.39. The molecule has 1 unspecified atom stereocenters. The van der Waals surface area contributed by atoms with Gasteiger partial charge >= 0.3 is 0 Å². The molecule has 0 saturated carbocycles. The molecule has 2 rings (SSSR count). The molecule has 1 aliphatic carbocycles. The first-order chi connectivity index (χ1) is 6.36. The maximum absolute atomic E-state index is 2.71. The van der Waals surface area contributed by atoms with Gasteiger partial charge in [-0.25, -0.2) is 0 Å². The van der Waals surface area contributed by atoms with Crippen molar-refractivity contribution in [2.24, 2.45) is 0 Å². The number of hydrogen-bond acceptors (Lipinski definition) is 1. The van der Waals surface area contributed by atoms with E-state index in [0.29, 0.717) is 0 Å². The van der Waals surface area contributed by atoms with Gasteiger partial charge in [0.25, 0.3) is 0 Å². The molecule has 1 saturated heterocycles. The van der Waals surface area contributed by atoms with Crippen LogP contribution in [0.25, 0.3) is 0 Å². The minimum absolute atomic E-state index is 0.879. The van der Waals surface area contributed by atoms with E-state index in [0.717, 1.165) is 6.04 Å². The van der Waals surface area contributed by atoms with Gasteiger partial charge in [-0.1, -0.05) is 18.1 Å². The van der Waals surface area contributed by atoms with E-state index >= 15 is 0 Å². The van der Waals surface area contributed by atoms with E-state index in [2.05, 4.69) is 17.9 Å². The van der Waals surface area contributed by atoms with Crippen LogP contribution in [-0.2, 0) is 0 Å². The Labute approximate surface area is 81.8 Å². The average Bonchev–Trinajstić information content (AvgIpc) is 2.20. The van der Waals surface area contributed by atoms with Gasteiger partial charge in [0.15, 0.2) is 0 Å². The van der Waals surface area contributed by atoms with Crippen LogP contribution in [0.5, 0.6) is 0 Å². The molecule has 0 aromatic carbocycles. The Morgan fingerprint density at radius 1 is 1.23 bits per heavy atom. The first-order valence-corrected chi connectivity index (χ1v) is 5.76. The highest BCUT2D eigenvalue weighted by atomic mass is 15.2. The molecule has 0 spiro atoms.